The highest BCUT2D eigenvalue weighted by Gasteiger charge is 2.12. The van der Waals surface area contributed by atoms with Crippen LogP contribution in [0.15, 0.2) is 22.9 Å². The number of aromatic nitrogens is 1. The number of halogens is 3. The van der Waals surface area contributed by atoms with Gasteiger partial charge in [0.15, 0.2) is 0 Å². The standard InChI is InChI=1S/C12H18BrN3O.2ClH/c1-2-3-4-11(6-14)16-12(17)9-5-10(13)8-15-7-9;;/h5,7-8,11H,2-4,6,14H2,1H3,(H,16,17);2*1H. The molecule has 0 radical (unpaired) electrons. The molecule has 3 N–H and O–H groups in total. The molecule has 1 heterocycles. The predicted octanol–water partition coefficient (Wildman–Crippen LogP) is 2.94. The molecule has 0 aliphatic rings. The lowest BCUT2D eigenvalue weighted by atomic mass is 10.1. The molecule has 1 unspecified atom stereocenters. The minimum Gasteiger partial charge on any atom is -0.348 e. The van der Waals surface area contributed by atoms with Crippen LogP contribution in [0.4, 0.5) is 0 Å². The van der Waals surface area contributed by atoms with Crippen molar-refractivity contribution in [3.63, 3.8) is 0 Å². The van der Waals surface area contributed by atoms with Gasteiger partial charge < -0.3 is 11.1 Å². The number of nitrogens with two attached hydrogens (primary N) is 1. The van der Waals surface area contributed by atoms with Gasteiger partial charge in [0.2, 0.25) is 0 Å². The molecular formula is C12H20BrCl2N3O. The summed E-state index contributed by atoms with van der Waals surface area (Å²) in [5, 5.41) is 2.92. The van der Waals surface area contributed by atoms with Crippen LogP contribution in [0.3, 0.4) is 0 Å². The molecule has 0 aliphatic heterocycles. The SMILES string of the molecule is CCCCC(CN)NC(=O)c1cncc(Br)c1.Cl.Cl. The summed E-state index contributed by atoms with van der Waals surface area (Å²) >= 11 is 3.29. The number of hydrogen-bond acceptors (Lipinski definition) is 3. The molecular weight excluding hydrogens is 353 g/mol. The molecule has 0 fully saturated rings. The molecule has 7 heteroatoms. The topological polar surface area (TPSA) is 68.0 Å². The maximum atomic E-state index is 11.9. The van der Waals surface area contributed by atoms with Gasteiger partial charge in [-0.05, 0) is 28.4 Å². The molecule has 1 amide bonds. The molecule has 0 spiro atoms. The molecule has 19 heavy (non-hydrogen) atoms. The maximum Gasteiger partial charge on any atom is 0.253 e. The average molecular weight is 373 g/mol. The van der Waals surface area contributed by atoms with E-state index in [2.05, 4.69) is 33.2 Å². The highest BCUT2D eigenvalue weighted by atomic mass is 79.9. The van der Waals surface area contributed by atoms with Crippen molar-refractivity contribution in [2.24, 2.45) is 5.73 Å². The zero-order valence-corrected chi connectivity index (χ0v) is 14.0. The van der Waals surface area contributed by atoms with Crippen molar-refractivity contribution in [2.45, 2.75) is 32.2 Å². The number of pyridine rings is 1. The molecule has 1 aromatic heterocycles. The van der Waals surface area contributed by atoms with Crippen LogP contribution in [0.2, 0.25) is 0 Å². The van der Waals surface area contributed by atoms with Crippen LogP contribution in [0, 0.1) is 0 Å². The Labute approximate surface area is 134 Å². The van der Waals surface area contributed by atoms with Gasteiger partial charge in [0.25, 0.3) is 5.91 Å². The van der Waals surface area contributed by atoms with Crippen LogP contribution in [-0.4, -0.2) is 23.5 Å². The van der Waals surface area contributed by atoms with E-state index in [1.807, 2.05) is 0 Å². The first kappa shape index (κ1) is 20.9. The van der Waals surface area contributed by atoms with Crippen molar-refractivity contribution in [3.8, 4) is 0 Å². The Morgan fingerprint density at radius 3 is 2.68 bits per heavy atom. The number of unbranched alkanes of at least 4 members (excludes halogenated alkanes) is 1. The normalized spacial score (nSPS) is 10.9. The Morgan fingerprint density at radius 1 is 1.47 bits per heavy atom. The van der Waals surface area contributed by atoms with E-state index in [1.54, 1.807) is 18.5 Å². The van der Waals surface area contributed by atoms with Gasteiger partial charge in [-0.3, -0.25) is 9.78 Å². The molecule has 0 saturated heterocycles. The molecule has 0 aromatic carbocycles. The molecule has 0 saturated carbocycles. The van der Waals surface area contributed by atoms with E-state index >= 15 is 0 Å². The molecule has 0 bridgehead atoms. The van der Waals surface area contributed by atoms with Crippen LogP contribution in [0.5, 0.6) is 0 Å². The first-order valence-corrected chi connectivity index (χ1v) is 6.58. The zero-order valence-electron chi connectivity index (χ0n) is 10.8. The number of nitrogens with zero attached hydrogens (tertiary/aromatic N) is 1. The third-order valence-electron chi connectivity index (χ3n) is 2.49. The second-order valence-electron chi connectivity index (χ2n) is 3.94. The fourth-order valence-electron chi connectivity index (χ4n) is 1.50. The third kappa shape index (κ3) is 7.72. The van der Waals surface area contributed by atoms with Gasteiger partial charge in [-0.2, -0.15) is 0 Å². The van der Waals surface area contributed by atoms with Crippen molar-refractivity contribution in [1.82, 2.24) is 10.3 Å². The van der Waals surface area contributed by atoms with Crippen molar-refractivity contribution < 1.29 is 4.79 Å². The quantitative estimate of drug-likeness (QED) is 0.806. The molecule has 1 aromatic rings. The van der Waals surface area contributed by atoms with E-state index in [4.69, 9.17) is 5.73 Å². The van der Waals surface area contributed by atoms with E-state index in [-0.39, 0.29) is 36.8 Å². The number of carbonyl (C=O) groups is 1. The van der Waals surface area contributed by atoms with Crippen molar-refractivity contribution in [3.05, 3.63) is 28.5 Å². The number of hydrogen-bond donors (Lipinski definition) is 2. The monoisotopic (exact) mass is 371 g/mol. The lowest BCUT2D eigenvalue weighted by Gasteiger charge is -2.16. The Hall–Kier alpha value is -0.360. The summed E-state index contributed by atoms with van der Waals surface area (Å²) in [6.07, 6.45) is 6.28. The summed E-state index contributed by atoms with van der Waals surface area (Å²) in [5.41, 5.74) is 6.18. The van der Waals surface area contributed by atoms with E-state index in [0.717, 1.165) is 23.7 Å². The lowest BCUT2D eigenvalue weighted by Crippen LogP contribution is -2.40. The van der Waals surface area contributed by atoms with Crippen LogP contribution in [0.1, 0.15) is 36.5 Å². The summed E-state index contributed by atoms with van der Waals surface area (Å²) < 4.78 is 0.794. The summed E-state index contributed by atoms with van der Waals surface area (Å²) in [6, 6.07) is 1.79. The first-order valence-electron chi connectivity index (χ1n) is 5.78. The maximum absolute atomic E-state index is 11.9. The van der Waals surface area contributed by atoms with Gasteiger partial charge >= 0.3 is 0 Å². The summed E-state index contributed by atoms with van der Waals surface area (Å²) in [4.78, 5) is 15.9. The molecule has 0 aliphatic carbocycles. The Morgan fingerprint density at radius 2 is 2.16 bits per heavy atom. The van der Waals surface area contributed by atoms with Crippen LogP contribution in [0.25, 0.3) is 0 Å². The van der Waals surface area contributed by atoms with E-state index in [0.29, 0.717) is 12.1 Å². The smallest absolute Gasteiger partial charge is 0.253 e. The number of amides is 1. The van der Waals surface area contributed by atoms with Gasteiger partial charge in [0, 0.05) is 29.5 Å². The summed E-state index contributed by atoms with van der Waals surface area (Å²) in [5.74, 6) is -0.120. The van der Waals surface area contributed by atoms with Gasteiger partial charge in [-0.15, -0.1) is 24.8 Å². The van der Waals surface area contributed by atoms with E-state index in [1.165, 1.54) is 0 Å². The Kier molecular flexibility index (Phi) is 12.6. The molecule has 110 valence electrons. The number of nitrogens with one attached hydrogen (secondary N) is 1. The Bertz CT molecular complexity index is 380. The zero-order chi connectivity index (χ0) is 12.7. The van der Waals surface area contributed by atoms with E-state index in [9.17, 15) is 4.79 Å². The van der Waals surface area contributed by atoms with Gasteiger partial charge in [0.1, 0.15) is 0 Å². The fourth-order valence-corrected chi connectivity index (χ4v) is 1.87. The average Bonchev–Trinajstić information content (AvgIpc) is 2.34. The molecule has 1 atom stereocenters. The highest BCUT2D eigenvalue weighted by Crippen LogP contribution is 2.10. The largest absolute Gasteiger partial charge is 0.348 e. The highest BCUT2D eigenvalue weighted by molar-refractivity contribution is 9.10. The number of carbonyl (C=O) groups excluding carboxylic acids is 1. The van der Waals surface area contributed by atoms with Gasteiger partial charge in [0.05, 0.1) is 5.56 Å². The fraction of sp³-hybridized carbons (Fsp3) is 0.500. The van der Waals surface area contributed by atoms with Crippen LogP contribution in [-0.2, 0) is 0 Å². The number of rotatable bonds is 6. The molecule has 4 nitrogen and oxygen atoms in total. The Balaban J connectivity index is 0. The third-order valence-corrected chi connectivity index (χ3v) is 2.93. The molecule has 1 rings (SSSR count). The minimum atomic E-state index is -0.120. The van der Waals surface area contributed by atoms with Gasteiger partial charge in [-0.1, -0.05) is 19.8 Å². The van der Waals surface area contributed by atoms with Crippen LogP contribution >= 0.6 is 40.7 Å². The lowest BCUT2D eigenvalue weighted by molar-refractivity contribution is 0.0935. The minimum absolute atomic E-state index is 0. The van der Waals surface area contributed by atoms with Crippen molar-refractivity contribution >= 4 is 46.7 Å². The van der Waals surface area contributed by atoms with Gasteiger partial charge in [-0.25, -0.2) is 0 Å². The van der Waals surface area contributed by atoms with Crippen molar-refractivity contribution in [1.29, 1.82) is 0 Å². The predicted molar refractivity (Wildman–Crippen MR) is 86.3 cm³/mol. The summed E-state index contributed by atoms with van der Waals surface area (Å²) in [6.45, 7) is 2.58. The van der Waals surface area contributed by atoms with Crippen molar-refractivity contribution in [2.75, 3.05) is 6.54 Å². The van der Waals surface area contributed by atoms with Crippen LogP contribution < -0.4 is 11.1 Å². The first-order chi connectivity index (χ1) is 8.17. The summed E-state index contributed by atoms with van der Waals surface area (Å²) in [7, 11) is 0. The second kappa shape index (κ2) is 11.5. The second-order valence-corrected chi connectivity index (χ2v) is 4.86. The van der Waals surface area contributed by atoms with E-state index < -0.39 is 0 Å².